The largest absolute Gasteiger partial charge is 0.487 e. The van der Waals surface area contributed by atoms with Gasteiger partial charge >= 0.3 is 0 Å². The molecular weight excluding hydrogens is 200 g/mol. The fraction of sp³-hybridized carbons (Fsp3) is 0.571. The first-order valence-electron chi connectivity index (χ1n) is 6.09. The highest BCUT2D eigenvalue weighted by Crippen LogP contribution is 2.29. The highest BCUT2D eigenvalue weighted by molar-refractivity contribution is 5.39. The monoisotopic (exact) mass is 222 g/mol. The van der Waals surface area contributed by atoms with E-state index in [1.807, 2.05) is 24.3 Å². The van der Waals surface area contributed by atoms with Crippen molar-refractivity contribution in [3.05, 3.63) is 24.3 Å². The van der Waals surface area contributed by atoms with Crippen LogP contribution < -0.4 is 9.47 Å². The van der Waals surface area contributed by atoms with Gasteiger partial charge in [-0.15, -0.1) is 0 Å². The van der Waals surface area contributed by atoms with Crippen molar-refractivity contribution in [1.29, 1.82) is 0 Å². The van der Waals surface area contributed by atoms with E-state index in [0.29, 0.717) is 0 Å². The summed E-state index contributed by atoms with van der Waals surface area (Å²) in [6, 6.07) is 7.87. The van der Waals surface area contributed by atoms with Crippen molar-refractivity contribution < 1.29 is 9.47 Å². The molecule has 0 N–H and O–H groups in total. The molecule has 0 amide bonds. The van der Waals surface area contributed by atoms with Crippen LogP contribution in [-0.4, -0.2) is 12.2 Å². The van der Waals surface area contributed by atoms with Gasteiger partial charge in [-0.1, -0.05) is 26.0 Å². The summed E-state index contributed by atoms with van der Waals surface area (Å²) in [7, 11) is 0. The molecule has 2 atom stereocenters. The van der Waals surface area contributed by atoms with Crippen LogP contribution in [0.25, 0.3) is 0 Å². The minimum atomic E-state index is 0.224. The van der Waals surface area contributed by atoms with Crippen LogP contribution in [0.4, 0.5) is 0 Å². The van der Waals surface area contributed by atoms with Gasteiger partial charge in [0.15, 0.2) is 11.5 Å². The number of ether oxygens (including phenoxy) is 2. The lowest BCUT2D eigenvalue weighted by Gasteiger charge is -2.18. The van der Waals surface area contributed by atoms with Gasteiger partial charge in [-0.2, -0.15) is 0 Å². The highest BCUT2D eigenvalue weighted by atomic mass is 16.5. The summed E-state index contributed by atoms with van der Waals surface area (Å²) in [4.78, 5) is 0. The van der Waals surface area contributed by atoms with E-state index in [0.717, 1.165) is 24.3 Å². The van der Waals surface area contributed by atoms with E-state index in [-0.39, 0.29) is 12.2 Å². The van der Waals surface area contributed by atoms with Crippen molar-refractivity contribution in [2.24, 2.45) is 0 Å². The average Bonchev–Trinajstić information content (AvgIpc) is 2.31. The molecule has 2 nitrogen and oxygen atoms in total. The molecule has 0 saturated heterocycles. The first-order valence-corrected chi connectivity index (χ1v) is 6.09. The van der Waals surface area contributed by atoms with E-state index in [4.69, 9.17) is 9.47 Å². The molecule has 0 heterocycles. The van der Waals surface area contributed by atoms with Gasteiger partial charge in [0.2, 0.25) is 0 Å². The minimum Gasteiger partial charge on any atom is -0.487 e. The van der Waals surface area contributed by atoms with Gasteiger partial charge < -0.3 is 9.47 Å². The van der Waals surface area contributed by atoms with Gasteiger partial charge in [0, 0.05) is 0 Å². The zero-order valence-electron chi connectivity index (χ0n) is 10.7. The average molecular weight is 222 g/mol. The molecule has 0 aliphatic heterocycles. The maximum atomic E-state index is 5.82. The second-order valence-corrected chi connectivity index (χ2v) is 4.12. The summed E-state index contributed by atoms with van der Waals surface area (Å²) in [5, 5.41) is 0. The molecule has 1 aromatic carbocycles. The van der Waals surface area contributed by atoms with Crippen LogP contribution in [0.1, 0.15) is 40.5 Å². The van der Waals surface area contributed by atoms with Crippen LogP contribution in [0.5, 0.6) is 11.5 Å². The summed E-state index contributed by atoms with van der Waals surface area (Å²) in [6.07, 6.45) is 2.44. The van der Waals surface area contributed by atoms with Crippen LogP contribution in [-0.2, 0) is 0 Å². The molecule has 0 radical (unpaired) electrons. The molecule has 0 fully saturated rings. The molecule has 0 aliphatic carbocycles. The van der Waals surface area contributed by atoms with E-state index in [1.165, 1.54) is 0 Å². The third kappa shape index (κ3) is 3.76. The van der Waals surface area contributed by atoms with Crippen LogP contribution in [0.3, 0.4) is 0 Å². The van der Waals surface area contributed by atoms with E-state index >= 15 is 0 Å². The number of hydrogen-bond acceptors (Lipinski definition) is 2. The fourth-order valence-corrected chi connectivity index (χ4v) is 1.25. The maximum absolute atomic E-state index is 5.82. The van der Waals surface area contributed by atoms with Crippen molar-refractivity contribution in [3.63, 3.8) is 0 Å². The van der Waals surface area contributed by atoms with Crippen molar-refractivity contribution in [1.82, 2.24) is 0 Å². The van der Waals surface area contributed by atoms with E-state index in [1.54, 1.807) is 0 Å². The predicted octanol–water partition coefficient (Wildman–Crippen LogP) is 4.04. The topological polar surface area (TPSA) is 18.5 Å². The summed E-state index contributed by atoms with van der Waals surface area (Å²) in [5.41, 5.74) is 0. The third-order valence-electron chi connectivity index (χ3n) is 2.66. The van der Waals surface area contributed by atoms with Crippen LogP contribution in [0.15, 0.2) is 24.3 Å². The fourth-order valence-electron chi connectivity index (χ4n) is 1.25. The first-order chi connectivity index (χ1) is 7.67. The zero-order chi connectivity index (χ0) is 12.0. The molecule has 2 unspecified atom stereocenters. The van der Waals surface area contributed by atoms with E-state index in [2.05, 4.69) is 27.7 Å². The quantitative estimate of drug-likeness (QED) is 0.723. The lowest BCUT2D eigenvalue weighted by Crippen LogP contribution is -2.14. The standard InChI is InChI=1S/C14H22O2/c1-5-11(3)15-13-9-7-8-10-14(13)16-12(4)6-2/h7-12H,5-6H2,1-4H3. The van der Waals surface area contributed by atoms with Gasteiger partial charge in [-0.25, -0.2) is 0 Å². The minimum absolute atomic E-state index is 0.224. The van der Waals surface area contributed by atoms with Gasteiger partial charge in [-0.05, 0) is 38.8 Å². The Morgan fingerprint density at radius 2 is 1.25 bits per heavy atom. The maximum Gasteiger partial charge on any atom is 0.161 e. The zero-order valence-corrected chi connectivity index (χ0v) is 10.7. The van der Waals surface area contributed by atoms with E-state index in [9.17, 15) is 0 Å². The molecule has 0 aliphatic rings. The third-order valence-corrected chi connectivity index (χ3v) is 2.66. The van der Waals surface area contributed by atoms with Crippen LogP contribution in [0, 0.1) is 0 Å². The summed E-state index contributed by atoms with van der Waals surface area (Å²) >= 11 is 0. The van der Waals surface area contributed by atoms with Crippen molar-refractivity contribution in [2.75, 3.05) is 0 Å². The number of rotatable bonds is 6. The molecule has 0 bridgehead atoms. The van der Waals surface area contributed by atoms with Gasteiger partial charge in [0.1, 0.15) is 0 Å². The van der Waals surface area contributed by atoms with Gasteiger partial charge in [0.25, 0.3) is 0 Å². The molecule has 2 heteroatoms. The Morgan fingerprint density at radius 1 is 0.875 bits per heavy atom. The van der Waals surface area contributed by atoms with Gasteiger partial charge in [-0.3, -0.25) is 0 Å². The van der Waals surface area contributed by atoms with Crippen LogP contribution >= 0.6 is 0 Å². The Bertz CT molecular complexity index is 278. The second kappa shape index (κ2) is 6.41. The van der Waals surface area contributed by atoms with Crippen molar-refractivity contribution in [3.8, 4) is 11.5 Å². The molecule has 1 rings (SSSR count). The Kier molecular flexibility index (Phi) is 5.17. The Labute approximate surface area is 98.6 Å². The normalized spacial score (nSPS) is 14.2. The highest BCUT2D eigenvalue weighted by Gasteiger charge is 2.09. The molecule has 0 aromatic heterocycles. The Balaban J connectivity index is 2.75. The number of hydrogen-bond donors (Lipinski definition) is 0. The van der Waals surface area contributed by atoms with Crippen LogP contribution in [0.2, 0.25) is 0 Å². The number of benzene rings is 1. The molecule has 1 aromatic rings. The molecule has 0 spiro atoms. The lowest BCUT2D eigenvalue weighted by atomic mass is 10.2. The Hall–Kier alpha value is -1.18. The molecular formula is C14H22O2. The molecule has 0 saturated carbocycles. The molecule has 16 heavy (non-hydrogen) atoms. The van der Waals surface area contributed by atoms with E-state index < -0.39 is 0 Å². The predicted molar refractivity (Wildman–Crippen MR) is 67.2 cm³/mol. The van der Waals surface area contributed by atoms with Crippen molar-refractivity contribution >= 4 is 0 Å². The summed E-state index contributed by atoms with van der Waals surface area (Å²) < 4.78 is 11.6. The second-order valence-electron chi connectivity index (χ2n) is 4.12. The Morgan fingerprint density at radius 3 is 1.56 bits per heavy atom. The SMILES string of the molecule is CCC(C)Oc1ccccc1OC(C)CC. The molecule has 90 valence electrons. The first kappa shape index (κ1) is 12.9. The summed E-state index contributed by atoms with van der Waals surface area (Å²) in [6.45, 7) is 8.37. The number of para-hydroxylation sites is 2. The smallest absolute Gasteiger partial charge is 0.161 e. The summed E-state index contributed by atoms with van der Waals surface area (Å²) in [5.74, 6) is 1.69. The lowest BCUT2D eigenvalue weighted by molar-refractivity contribution is 0.177. The van der Waals surface area contributed by atoms with Crippen molar-refractivity contribution in [2.45, 2.75) is 52.7 Å². The van der Waals surface area contributed by atoms with Gasteiger partial charge in [0.05, 0.1) is 12.2 Å².